The largest absolute Gasteiger partial charge is 0.495 e. The number of para-hydroxylation sites is 2. The maximum absolute atomic E-state index is 13.0. The number of fused-ring (bicyclic) bond motifs is 5. The van der Waals surface area contributed by atoms with Crippen LogP contribution in [-0.2, 0) is 14.4 Å². The molecule has 8 heteroatoms. The minimum Gasteiger partial charge on any atom is -0.495 e. The van der Waals surface area contributed by atoms with Crippen LogP contribution in [0.25, 0.3) is 0 Å². The SMILES string of the molecule is COc1ccccc1NC(=O)C(C)N1C(=O)C2C3CC(C(Br)C3Br)C2C1=O. The number of halogens is 2. The third-order valence-corrected chi connectivity index (χ3v) is 9.36. The molecule has 3 fully saturated rings. The Morgan fingerprint density at radius 3 is 2.26 bits per heavy atom. The lowest BCUT2D eigenvalue weighted by Gasteiger charge is -2.28. The highest BCUT2D eigenvalue weighted by Crippen LogP contribution is 2.60. The Balaban J connectivity index is 1.54. The van der Waals surface area contributed by atoms with E-state index in [2.05, 4.69) is 37.2 Å². The molecule has 2 bridgehead atoms. The van der Waals surface area contributed by atoms with E-state index < -0.39 is 11.9 Å². The van der Waals surface area contributed by atoms with E-state index in [9.17, 15) is 14.4 Å². The highest BCUT2D eigenvalue weighted by Gasteiger charge is 2.67. The summed E-state index contributed by atoms with van der Waals surface area (Å²) in [7, 11) is 1.52. The lowest BCUT2D eigenvalue weighted by Crippen LogP contribution is -2.46. The fourth-order valence-electron chi connectivity index (χ4n) is 4.86. The Labute approximate surface area is 174 Å². The molecule has 3 amide bonds. The van der Waals surface area contributed by atoms with Crippen LogP contribution in [0.1, 0.15) is 13.3 Å². The molecule has 3 aliphatic rings. The van der Waals surface area contributed by atoms with Crippen molar-refractivity contribution in [3.05, 3.63) is 24.3 Å². The molecule has 1 aromatic carbocycles. The standard InChI is InChI=1S/C19H20Br2N2O4/c1-8(17(24)22-11-5-3-4-6-12(11)27-2)23-18(25)13-9-7-10(14(13)19(23)26)16(21)15(9)20/h3-6,8-10,13-16H,7H2,1-2H3,(H,22,24). The third kappa shape index (κ3) is 2.75. The van der Waals surface area contributed by atoms with Gasteiger partial charge in [0.05, 0.1) is 24.6 Å². The van der Waals surface area contributed by atoms with Crippen LogP contribution in [0.15, 0.2) is 24.3 Å². The summed E-state index contributed by atoms with van der Waals surface area (Å²) in [5.74, 6) is -0.682. The van der Waals surface area contributed by atoms with Crippen molar-refractivity contribution in [1.82, 2.24) is 4.90 Å². The summed E-state index contributed by atoms with van der Waals surface area (Å²) in [6, 6.07) is 6.17. The normalized spacial score (nSPS) is 35.3. The number of methoxy groups -OCH3 is 1. The number of rotatable bonds is 4. The average molecular weight is 500 g/mol. The second-order valence-electron chi connectivity index (χ2n) is 7.42. The quantitative estimate of drug-likeness (QED) is 0.510. The van der Waals surface area contributed by atoms with Crippen molar-refractivity contribution < 1.29 is 19.1 Å². The number of hydrogen-bond donors (Lipinski definition) is 1. The van der Waals surface area contributed by atoms with Crippen LogP contribution in [0.4, 0.5) is 5.69 Å². The van der Waals surface area contributed by atoms with Gasteiger partial charge in [0.25, 0.3) is 0 Å². The Morgan fingerprint density at radius 2 is 1.70 bits per heavy atom. The number of carbonyl (C=O) groups excluding carboxylic acids is 3. The highest BCUT2D eigenvalue weighted by atomic mass is 79.9. The third-order valence-electron chi connectivity index (χ3n) is 6.15. The summed E-state index contributed by atoms with van der Waals surface area (Å²) in [6.07, 6.45) is 0.869. The maximum Gasteiger partial charge on any atom is 0.247 e. The van der Waals surface area contributed by atoms with Crippen molar-refractivity contribution in [2.75, 3.05) is 12.4 Å². The number of alkyl halides is 2. The minimum absolute atomic E-state index is 0.135. The molecule has 1 heterocycles. The molecular formula is C19H20Br2N2O4. The van der Waals surface area contributed by atoms with E-state index in [4.69, 9.17) is 4.74 Å². The molecule has 27 heavy (non-hydrogen) atoms. The first kappa shape index (κ1) is 18.9. The van der Waals surface area contributed by atoms with E-state index in [0.717, 1.165) is 6.42 Å². The van der Waals surface area contributed by atoms with Crippen molar-refractivity contribution >= 4 is 55.3 Å². The summed E-state index contributed by atoms with van der Waals surface area (Å²) in [5, 5.41) is 2.77. The van der Waals surface area contributed by atoms with E-state index in [0.29, 0.717) is 11.4 Å². The van der Waals surface area contributed by atoms with Gasteiger partial charge in [-0.25, -0.2) is 0 Å². The van der Waals surface area contributed by atoms with Crippen LogP contribution < -0.4 is 10.1 Å². The van der Waals surface area contributed by atoms with Gasteiger partial charge >= 0.3 is 0 Å². The maximum atomic E-state index is 13.0. The second kappa shape index (κ2) is 6.88. The van der Waals surface area contributed by atoms with Gasteiger partial charge in [-0.05, 0) is 37.3 Å². The Hall–Kier alpha value is -1.41. The number of nitrogens with zero attached hydrogens (tertiary/aromatic N) is 1. The zero-order chi connectivity index (χ0) is 19.5. The summed E-state index contributed by atoms with van der Waals surface area (Å²) in [4.78, 5) is 40.3. The topological polar surface area (TPSA) is 75.7 Å². The van der Waals surface area contributed by atoms with Crippen molar-refractivity contribution in [1.29, 1.82) is 0 Å². The molecule has 6 nitrogen and oxygen atoms in total. The molecule has 1 N–H and O–H groups in total. The number of imide groups is 1. The van der Waals surface area contributed by atoms with Crippen molar-refractivity contribution in [2.45, 2.75) is 29.0 Å². The van der Waals surface area contributed by atoms with E-state index >= 15 is 0 Å². The number of carbonyl (C=O) groups is 3. The molecular weight excluding hydrogens is 480 g/mol. The molecule has 1 aromatic rings. The Bertz CT molecular complexity index is 785. The van der Waals surface area contributed by atoms with E-state index in [-0.39, 0.29) is 45.1 Å². The van der Waals surface area contributed by atoms with E-state index in [1.807, 2.05) is 0 Å². The molecule has 7 unspecified atom stereocenters. The van der Waals surface area contributed by atoms with Crippen LogP contribution in [0, 0.1) is 23.7 Å². The van der Waals surface area contributed by atoms with Crippen molar-refractivity contribution in [2.24, 2.45) is 23.7 Å². The molecule has 0 aromatic heterocycles. The molecule has 1 aliphatic heterocycles. The van der Waals surface area contributed by atoms with Crippen molar-refractivity contribution in [3.63, 3.8) is 0 Å². The Kier molecular flexibility index (Phi) is 4.83. The van der Waals surface area contributed by atoms with E-state index in [1.165, 1.54) is 12.0 Å². The molecule has 2 saturated carbocycles. The minimum atomic E-state index is -0.873. The number of benzene rings is 1. The van der Waals surface area contributed by atoms with Crippen LogP contribution >= 0.6 is 31.9 Å². The predicted octanol–water partition coefficient (Wildman–Crippen LogP) is 2.80. The molecule has 0 radical (unpaired) electrons. The van der Waals surface area contributed by atoms with Gasteiger partial charge in [0.1, 0.15) is 11.8 Å². The first-order valence-corrected chi connectivity index (χ1v) is 10.8. The highest BCUT2D eigenvalue weighted by molar-refractivity contribution is 9.12. The van der Waals surface area contributed by atoms with Crippen LogP contribution in [-0.4, -0.2) is 45.4 Å². The summed E-state index contributed by atoms with van der Waals surface area (Å²) in [5.41, 5.74) is 0.511. The first-order chi connectivity index (χ1) is 12.9. The molecule has 0 spiro atoms. The first-order valence-electron chi connectivity index (χ1n) is 8.95. The molecule has 7 atom stereocenters. The Morgan fingerprint density at radius 1 is 1.15 bits per heavy atom. The van der Waals surface area contributed by atoms with Crippen LogP contribution in [0.5, 0.6) is 5.75 Å². The number of hydrogen-bond acceptors (Lipinski definition) is 4. The summed E-state index contributed by atoms with van der Waals surface area (Å²) in [6.45, 7) is 1.60. The van der Waals surface area contributed by atoms with Gasteiger partial charge in [0.15, 0.2) is 0 Å². The number of ether oxygens (including phenoxy) is 1. The number of nitrogens with one attached hydrogen (secondary N) is 1. The van der Waals surface area contributed by atoms with Gasteiger partial charge in [-0.2, -0.15) is 0 Å². The second-order valence-corrected chi connectivity index (χ2v) is 9.53. The van der Waals surface area contributed by atoms with Gasteiger partial charge in [0.2, 0.25) is 17.7 Å². The van der Waals surface area contributed by atoms with Gasteiger partial charge in [-0.3, -0.25) is 19.3 Å². The van der Waals surface area contributed by atoms with Gasteiger partial charge in [0, 0.05) is 9.65 Å². The summed E-state index contributed by atoms with van der Waals surface area (Å²) >= 11 is 7.34. The van der Waals surface area contributed by atoms with Crippen LogP contribution in [0.2, 0.25) is 0 Å². The lowest BCUT2D eigenvalue weighted by atomic mass is 9.81. The van der Waals surface area contributed by atoms with Crippen molar-refractivity contribution in [3.8, 4) is 5.75 Å². The van der Waals surface area contributed by atoms with Gasteiger partial charge in [-0.15, -0.1) is 0 Å². The molecule has 144 valence electrons. The lowest BCUT2D eigenvalue weighted by molar-refractivity contribution is -0.146. The molecule has 1 saturated heterocycles. The number of amides is 3. The smallest absolute Gasteiger partial charge is 0.247 e. The fraction of sp³-hybridized carbons (Fsp3) is 0.526. The van der Waals surface area contributed by atoms with Gasteiger partial charge in [-0.1, -0.05) is 44.0 Å². The zero-order valence-corrected chi connectivity index (χ0v) is 18.1. The van der Waals surface area contributed by atoms with Gasteiger partial charge < -0.3 is 10.1 Å². The number of anilines is 1. The fourth-order valence-corrected chi connectivity index (χ4v) is 6.73. The predicted molar refractivity (Wildman–Crippen MR) is 107 cm³/mol. The molecule has 2 aliphatic carbocycles. The monoisotopic (exact) mass is 498 g/mol. The number of likely N-dealkylation sites (tertiary alicyclic amines) is 1. The molecule has 4 rings (SSSR count). The average Bonchev–Trinajstić information content (AvgIpc) is 3.26. The van der Waals surface area contributed by atoms with E-state index in [1.54, 1.807) is 31.2 Å². The summed E-state index contributed by atoms with van der Waals surface area (Å²) < 4.78 is 5.24. The zero-order valence-electron chi connectivity index (χ0n) is 14.9. The van der Waals surface area contributed by atoms with Crippen LogP contribution in [0.3, 0.4) is 0 Å².